The molecule has 3 atom stereocenters. The first-order valence-electron chi connectivity index (χ1n) is 31.9. The summed E-state index contributed by atoms with van der Waals surface area (Å²) in [5.41, 5.74) is 0. The Labute approximate surface area is 467 Å². The molecule has 12 heteroatoms. The van der Waals surface area contributed by atoms with Gasteiger partial charge in [-0.25, -0.2) is 4.57 Å². The summed E-state index contributed by atoms with van der Waals surface area (Å²) in [7, 11) is -4.75. The van der Waals surface area contributed by atoms with Crippen LogP contribution in [-0.4, -0.2) is 66.5 Å². The summed E-state index contributed by atoms with van der Waals surface area (Å²) in [5, 5.41) is 9.85. The molecule has 0 aromatic rings. The van der Waals surface area contributed by atoms with E-state index in [4.69, 9.17) is 23.3 Å². The quantitative estimate of drug-likeness (QED) is 0.0197. The maximum Gasteiger partial charge on any atom is 0.472 e. The van der Waals surface area contributed by atoms with Crippen molar-refractivity contribution < 1.29 is 52.2 Å². The van der Waals surface area contributed by atoms with Crippen LogP contribution in [0.2, 0.25) is 0 Å². The number of phosphoric acid groups is 1. The fourth-order valence-corrected chi connectivity index (χ4v) is 10.0. The molecule has 0 fully saturated rings. The summed E-state index contributed by atoms with van der Waals surface area (Å²) in [6.07, 6.45) is 62.5. The lowest BCUT2D eigenvalue weighted by atomic mass is 10.0. The molecular formula is C64H119O11P. The molecule has 11 nitrogen and oxygen atoms in total. The van der Waals surface area contributed by atoms with E-state index in [9.17, 15) is 28.9 Å². The second-order valence-corrected chi connectivity index (χ2v) is 23.0. The van der Waals surface area contributed by atoms with E-state index < -0.39 is 57.8 Å². The van der Waals surface area contributed by atoms with Gasteiger partial charge in [-0.3, -0.25) is 23.4 Å². The van der Waals surface area contributed by atoms with Gasteiger partial charge in [-0.2, -0.15) is 0 Å². The lowest BCUT2D eigenvalue weighted by Gasteiger charge is -2.21. The third-order valence-corrected chi connectivity index (χ3v) is 15.0. The van der Waals surface area contributed by atoms with E-state index >= 15 is 0 Å². The maximum atomic E-state index is 12.9. The van der Waals surface area contributed by atoms with Crippen molar-refractivity contribution in [2.75, 3.05) is 26.4 Å². The van der Waals surface area contributed by atoms with Gasteiger partial charge in [-0.05, 0) is 51.4 Å². The molecule has 2 N–H and O–H groups in total. The molecule has 0 aliphatic carbocycles. The van der Waals surface area contributed by atoms with Crippen LogP contribution in [0.1, 0.15) is 316 Å². The number of esters is 3. The molecule has 0 saturated heterocycles. The second kappa shape index (κ2) is 58.8. The first-order chi connectivity index (χ1) is 37.2. The van der Waals surface area contributed by atoms with E-state index in [0.717, 1.165) is 77.0 Å². The predicted molar refractivity (Wildman–Crippen MR) is 316 cm³/mol. The average Bonchev–Trinajstić information content (AvgIpc) is 3.41. The first-order valence-corrected chi connectivity index (χ1v) is 33.4. The highest BCUT2D eigenvalue weighted by molar-refractivity contribution is 7.47. The summed E-state index contributed by atoms with van der Waals surface area (Å²) in [6, 6.07) is 0. The average molecular weight is 1100 g/mol. The summed E-state index contributed by atoms with van der Waals surface area (Å²) < 4.78 is 39.6. The Morgan fingerprint density at radius 3 is 1.05 bits per heavy atom. The highest BCUT2D eigenvalue weighted by atomic mass is 31.2. The fourth-order valence-electron chi connectivity index (χ4n) is 9.26. The second-order valence-electron chi connectivity index (χ2n) is 21.6. The van der Waals surface area contributed by atoms with Crippen LogP contribution in [0.3, 0.4) is 0 Å². The first kappa shape index (κ1) is 73.7. The number of carbonyl (C=O) groups excluding carboxylic acids is 3. The maximum absolute atomic E-state index is 12.9. The third-order valence-electron chi connectivity index (χ3n) is 14.1. The van der Waals surface area contributed by atoms with Crippen molar-refractivity contribution in [2.24, 2.45) is 0 Å². The van der Waals surface area contributed by atoms with Gasteiger partial charge < -0.3 is 24.2 Å². The van der Waals surface area contributed by atoms with Crippen LogP contribution in [0.4, 0.5) is 0 Å². The summed E-state index contributed by atoms with van der Waals surface area (Å²) in [6.45, 7) is 4.57. The van der Waals surface area contributed by atoms with E-state index in [0.29, 0.717) is 19.3 Å². The van der Waals surface area contributed by atoms with Gasteiger partial charge in [-0.1, -0.05) is 282 Å². The van der Waals surface area contributed by atoms with Gasteiger partial charge in [0.25, 0.3) is 0 Å². The van der Waals surface area contributed by atoms with Gasteiger partial charge >= 0.3 is 25.7 Å². The zero-order chi connectivity index (χ0) is 55.5. The smallest absolute Gasteiger partial charge is 0.462 e. The van der Waals surface area contributed by atoms with E-state index in [1.807, 2.05) is 0 Å². The van der Waals surface area contributed by atoms with Crippen LogP contribution in [0.15, 0.2) is 36.5 Å². The monoisotopic (exact) mass is 1090 g/mol. The Hall–Kier alpha value is -2.30. The van der Waals surface area contributed by atoms with Gasteiger partial charge in [0.2, 0.25) is 0 Å². The van der Waals surface area contributed by atoms with Crippen LogP contribution in [-0.2, 0) is 42.2 Å². The zero-order valence-electron chi connectivity index (χ0n) is 49.5. The molecule has 0 aromatic heterocycles. The van der Waals surface area contributed by atoms with Crippen molar-refractivity contribution in [3.63, 3.8) is 0 Å². The van der Waals surface area contributed by atoms with Crippen molar-refractivity contribution in [3.8, 4) is 0 Å². The van der Waals surface area contributed by atoms with Crippen LogP contribution in [0, 0.1) is 0 Å². The summed E-state index contributed by atoms with van der Waals surface area (Å²) in [5.74, 6) is -1.47. The SMILES string of the molecule is CC/C=C\C/C=C\C/C=C\CCCCCC(=O)OCC(COP(=O)(O)OCC(CO)OC(=O)CCCCCCCCCCCCCCCCCCC)OC(=O)CCCCCCCCCCCCCCCCCCCCC. The van der Waals surface area contributed by atoms with Crippen molar-refractivity contribution in [1.82, 2.24) is 0 Å². The molecule has 3 unspecified atom stereocenters. The standard InChI is InChI=1S/C64H119O11P/c1-4-7-10-13-16-19-22-25-27-29-30-32-34-37-40-43-46-49-52-55-64(68)75-61(57-71-62(66)53-50-47-44-41-38-35-24-21-18-15-12-9-6-3)59-73-76(69,70)72-58-60(56-65)74-63(67)54-51-48-45-42-39-36-33-31-28-26-23-20-17-14-11-8-5-2/h9,12,18,21,35,38,60-61,65H,4-8,10-11,13-17,19-20,22-34,36-37,39-59H2,1-3H3,(H,69,70)/b12-9-,21-18-,38-35-. The van der Waals surface area contributed by atoms with Crippen molar-refractivity contribution in [3.05, 3.63) is 36.5 Å². The van der Waals surface area contributed by atoms with Crippen LogP contribution >= 0.6 is 7.82 Å². The number of allylic oxidation sites excluding steroid dienone is 6. The number of ether oxygens (including phenoxy) is 3. The molecule has 0 bridgehead atoms. The number of hydrogen-bond acceptors (Lipinski definition) is 10. The Morgan fingerprint density at radius 1 is 0.382 bits per heavy atom. The summed E-state index contributed by atoms with van der Waals surface area (Å²) >= 11 is 0. The zero-order valence-corrected chi connectivity index (χ0v) is 50.4. The molecule has 0 radical (unpaired) electrons. The number of hydrogen-bond donors (Lipinski definition) is 2. The minimum Gasteiger partial charge on any atom is -0.462 e. The molecule has 0 amide bonds. The Balaban J connectivity index is 4.63. The van der Waals surface area contributed by atoms with Gasteiger partial charge in [0, 0.05) is 19.3 Å². The number of carbonyl (C=O) groups is 3. The van der Waals surface area contributed by atoms with Crippen LogP contribution in [0.5, 0.6) is 0 Å². The fraction of sp³-hybridized carbons (Fsp3) is 0.859. The molecule has 0 aromatic carbocycles. The van der Waals surface area contributed by atoms with E-state index in [2.05, 4.69) is 57.2 Å². The van der Waals surface area contributed by atoms with Crippen molar-refractivity contribution >= 4 is 25.7 Å². The molecule has 0 aliphatic rings. The van der Waals surface area contributed by atoms with Gasteiger partial charge in [0.15, 0.2) is 6.10 Å². The van der Waals surface area contributed by atoms with Crippen LogP contribution in [0.25, 0.3) is 0 Å². The topological polar surface area (TPSA) is 155 Å². The third kappa shape index (κ3) is 56.4. The largest absolute Gasteiger partial charge is 0.472 e. The molecule has 0 saturated carbocycles. The van der Waals surface area contributed by atoms with E-state index in [1.54, 1.807) is 0 Å². The van der Waals surface area contributed by atoms with E-state index in [-0.39, 0.29) is 25.9 Å². The highest BCUT2D eigenvalue weighted by Gasteiger charge is 2.28. The normalized spacial score (nSPS) is 13.5. The summed E-state index contributed by atoms with van der Waals surface area (Å²) in [4.78, 5) is 48.7. The molecule has 76 heavy (non-hydrogen) atoms. The number of aliphatic hydroxyl groups is 1. The Kier molecular flexibility index (Phi) is 57.1. The number of rotatable bonds is 60. The van der Waals surface area contributed by atoms with Gasteiger partial charge in [-0.15, -0.1) is 0 Å². The molecule has 0 spiro atoms. The number of aliphatic hydroxyl groups excluding tert-OH is 1. The molecular weight excluding hydrogens is 976 g/mol. The van der Waals surface area contributed by atoms with Crippen molar-refractivity contribution in [2.45, 2.75) is 328 Å². The molecule has 0 aliphatic heterocycles. The Morgan fingerprint density at radius 2 is 0.684 bits per heavy atom. The van der Waals surface area contributed by atoms with Gasteiger partial charge in [0.05, 0.1) is 19.8 Å². The molecule has 0 rings (SSSR count). The van der Waals surface area contributed by atoms with Gasteiger partial charge in [0.1, 0.15) is 12.7 Å². The predicted octanol–water partition coefficient (Wildman–Crippen LogP) is 19.2. The Bertz CT molecular complexity index is 1420. The lowest BCUT2D eigenvalue weighted by Crippen LogP contribution is -2.30. The lowest BCUT2D eigenvalue weighted by molar-refractivity contribution is -0.161. The minimum absolute atomic E-state index is 0.167. The van der Waals surface area contributed by atoms with Crippen molar-refractivity contribution in [1.29, 1.82) is 0 Å². The number of phosphoric ester groups is 1. The molecule has 0 heterocycles. The highest BCUT2D eigenvalue weighted by Crippen LogP contribution is 2.43. The van der Waals surface area contributed by atoms with E-state index in [1.165, 1.54) is 180 Å². The molecule has 446 valence electrons. The van der Waals surface area contributed by atoms with Crippen LogP contribution < -0.4 is 0 Å². The minimum atomic E-state index is -4.75. The number of unbranched alkanes of at least 4 members (excludes halogenated alkanes) is 37.